The Hall–Kier alpha value is -2.04. The summed E-state index contributed by atoms with van der Waals surface area (Å²) in [5, 5.41) is 2.72. The number of methoxy groups -OCH3 is 1. The molecule has 1 N–H and O–H groups in total. The normalized spacial score (nSPS) is 17.2. The van der Waals surface area contributed by atoms with Gasteiger partial charge in [-0.1, -0.05) is 56.5 Å². The molecule has 1 saturated carbocycles. The molecule has 0 heterocycles. The molecule has 0 radical (unpaired) electrons. The van der Waals surface area contributed by atoms with Gasteiger partial charge in [0.2, 0.25) is 0 Å². The predicted octanol–water partition coefficient (Wildman–Crippen LogP) is 4.39. The molecule has 0 unspecified atom stereocenters. The van der Waals surface area contributed by atoms with Gasteiger partial charge in [0.1, 0.15) is 11.6 Å². The zero-order valence-electron chi connectivity index (χ0n) is 16.0. The van der Waals surface area contributed by atoms with Crippen molar-refractivity contribution in [1.29, 1.82) is 0 Å². The van der Waals surface area contributed by atoms with Gasteiger partial charge in [-0.3, -0.25) is 0 Å². The number of esters is 1. The topological polar surface area (TPSA) is 64.6 Å². The molecule has 144 valence electrons. The van der Waals surface area contributed by atoms with E-state index in [2.05, 4.69) is 17.4 Å². The van der Waals surface area contributed by atoms with Crippen molar-refractivity contribution >= 4 is 12.1 Å². The minimum Gasteiger partial charge on any atom is -0.467 e. The molecule has 5 heteroatoms. The number of hydrogen-bond donors (Lipinski definition) is 1. The number of unbranched alkanes of at least 4 members (excludes halogenated alkanes) is 1. The number of rotatable bonds is 8. The number of ether oxygens (including phenoxy) is 2. The summed E-state index contributed by atoms with van der Waals surface area (Å²) in [7, 11) is 1.34. The Morgan fingerprint density at radius 2 is 1.85 bits per heavy atom. The number of amides is 1. The van der Waals surface area contributed by atoms with Crippen LogP contribution in [-0.2, 0) is 20.7 Å². The van der Waals surface area contributed by atoms with Crippen molar-refractivity contribution in [3.05, 3.63) is 35.9 Å². The quantitative estimate of drug-likeness (QED) is 0.698. The van der Waals surface area contributed by atoms with Gasteiger partial charge < -0.3 is 14.8 Å². The van der Waals surface area contributed by atoms with Crippen LogP contribution in [0, 0.1) is 0 Å². The van der Waals surface area contributed by atoms with Gasteiger partial charge >= 0.3 is 12.1 Å². The van der Waals surface area contributed by atoms with E-state index < -0.39 is 23.7 Å². The van der Waals surface area contributed by atoms with Crippen LogP contribution in [0.5, 0.6) is 0 Å². The minimum absolute atomic E-state index is 0.420. The molecule has 1 atom stereocenters. The highest BCUT2D eigenvalue weighted by atomic mass is 16.6. The lowest BCUT2D eigenvalue weighted by molar-refractivity contribution is -0.143. The standard InChI is InChI=1S/C21H31NO4/c1-3-4-13-18(19(23)25-2)22-20(24)26-21(14-9-6-10-15-21)16-17-11-7-5-8-12-17/h5,7-8,11-12,18H,3-4,6,9-10,13-16H2,1-2H3,(H,22,24)/t18-/m0/s1. The minimum atomic E-state index is -0.648. The van der Waals surface area contributed by atoms with E-state index in [-0.39, 0.29) is 0 Å². The van der Waals surface area contributed by atoms with Crippen molar-refractivity contribution in [3.63, 3.8) is 0 Å². The maximum Gasteiger partial charge on any atom is 0.408 e. The van der Waals surface area contributed by atoms with E-state index in [4.69, 9.17) is 9.47 Å². The molecule has 0 bridgehead atoms. The Labute approximate surface area is 156 Å². The summed E-state index contributed by atoms with van der Waals surface area (Å²) in [6.45, 7) is 2.05. The molecule has 0 saturated heterocycles. The predicted molar refractivity (Wildman–Crippen MR) is 101 cm³/mol. The van der Waals surface area contributed by atoms with Crippen LogP contribution in [0.15, 0.2) is 30.3 Å². The molecule has 1 aliphatic carbocycles. The number of hydrogen-bond acceptors (Lipinski definition) is 4. The Morgan fingerprint density at radius 3 is 2.46 bits per heavy atom. The van der Waals surface area contributed by atoms with E-state index in [9.17, 15) is 9.59 Å². The molecule has 1 aromatic carbocycles. The van der Waals surface area contributed by atoms with Gasteiger partial charge in [0, 0.05) is 6.42 Å². The molecule has 0 aromatic heterocycles. The van der Waals surface area contributed by atoms with Gasteiger partial charge in [-0.05, 0) is 37.7 Å². The number of nitrogens with one attached hydrogen (secondary N) is 1. The summed E-state index contributed by atoms with van der Waals surface area (Å²) in [5.41, 5.74) is 0.674. The van der Waals surface area contributed by atoms with Gasteiger partial charge in [-0.2, -0.15) is 0 Å². The van der Waals surface area contributed by atoms with E-state index in [0.29, 0.717) is 12.8 Å². The van der Waals surface area contributed by atoms with Crippen molar-refractivity contribution in [2.24, 2.45) is 0 Å². The first kappa shape index (κ1) is 20.3. The van der Waals surface area contributed by atoms with Crippen LogP contribution in [0.25, 0.3) is 0 Å². The van der Waals surface area contributed by atoms with Crippen LogP contribution in [0.2, 0.25) is 0 Å². The molecule has 1 aromatic rings. The zero-order chi connectivity index (χ0) is 18.8. The summed E-state index contributed by atoms with van der Waals surface area (Å²) in [6, 6.07) is 9.48. The lowest BCUT2D eigenvalue weighted by Gasteiger charge is -2.37. The highest BCUT2D eigenvalue weighted by Crippen LogP contribution is 2.35. The molecular weight excluding hydrogens is 330 g/mol. The van der Waals surface area contributed by atoms with Gasteiger partial charge in [-0.25, -0.2) is 9.59 Å². The molecule has 1 fully saturated rings. The fourth-order valence-electron chi connectivity index (χ4n) is 3.65. The van der Waals surface area contributed by atoms with E-state index in [1.54, 1.807) is 0 Å². The second-order valence-corrected chi connectivity index (χ2v) is 7.16. The van der Waals surface area contributed by atoms with Crippen LogP contribution in [0.1, 0.15) is 63.9 Å². The first-order chi connectivity index (χ1) is 12.6. The first-order valence-electron chi connectivity index (χ1n) is 9.70. The largest absolute Gasteiger partial charge is 0.467 e. The number of benzene rings is 1. The molecule has 1 amide bonds. The summed E-state index contributed by atoms with van der Waals surface area (Å²) in [5.74, 6) is -0.420. The van der Waals surface area contributed by atoms with Crippen molar-refractivity contribution in [2.75, 3.05) is 7.11 Å². The van der Waals surface area contributed by atoms with Crippen molar-refractivity contribution in [2.45, 2.75) is 76.4 Å². The van der Waals surface area contributed by atoms with Crippen molar-refractivity contribution in [1.82, 2.24) is 5.32 Å². The number of carbonyl (C=O) groups excluding carboxylic acids is 2. The molecule has 5 nitrogen and oxygen atoms in total. The zero-order valence-corrected chi connectivity index (χ0v) is 16.0. The highest BCUT2D eigenvalue weighted by Gasteiger charge is 2.37. The van der Waals surface area contributed by atoms with Crippen molar-refractivity contribution < 1.29 is 19.1 Å². The fourth-order valence-corrected chi connectivity index (χ4v) is 3.65. The number of carbonyl (C=O) groups is 2. The molecular formula is C21H31NO4. The summed E-state index contributed by atoms with van der Waals surface area (Å²) in [6.07, 6.45) is 7.52. The number of alkyl carbamates (subject to hydrolysis) is 1. The summed E-state index contributed by atoms with van der Waals surface area (Å²) in [4.78, 5) is 24.5. The highest BCUT2D eigenvalue weighted by molar-refractivity contribution is 5.81. The smallest absolute Gasteiger partial charge is 0.408 e. The van der Waals surface area contributed by atoms with Gasteiger partial charge in [-0.15, -0.1) is 0 Å². The molecule has 0 aliphatic heterocycles. The van der Waals surface area contributed by atoms with Crippen LogP contribution < -0.4 is 5.32 Å². The molecule has 2 rings (SSSR count). The third kappa shape index (κ3) is 6.04. The third-order valence-corrected chi connectivity index (χ3v) is 5.07. The van der Waals surface area contributed by atoms with Crippen LogP contribution in [-0.4, -0.2) is 30.8 Å². The lowest BCUT2D eigenvalue weighted by Crippen LogP contribution is -2.47. The molecule has 26 heavy (non-hydrogen) atoms. The Bertz CT molecular complexity index is 567. The molecule has 0 spiro atoms. The van der Waals surface area contributed by atoms with Crippen LogP contribution in [0.4, 0.5) is 4.79 Å². The van der Waals surface area contributed by atoms with Gasteiger partial charge in [0.25, 0.3) is 0 Å². The van der Waals surface area contributed by atoms with Gasteiger partial charge in [0.15, 0.2) is 0 Å². The second kappa shape index (κ2) is 10.2. The third-order valence-electron chi connectivity index (χ3n) is 5.07. The molecule has 1 aliphatic rings. The maximum absolute atomic E-state index is 12.6. The van der Waals surface area contributed by atoms with Crippen LogP contribution >= 0.6 is 0 Å². The lowest BCUT2D eigenvalue weighted by atomic mass is 9.80. The summed E-state index contributed by atoms with van der Waals surface area (Å²) >= 11 is 0. The van der Waals surface area contributed by atoms with Gasteiger partial charge in [0.05, 0.1) is 7.11 Å². The monoisotopic (exact) mass is 361 g/mol. The van der Waals surface area contributed by atoms with Crippen LogP contribution in [0.3, 0.4) is 0 Å². The summed E-state index contributed by atoms with van der Waals surface area (Å²) < 4.78 is 10.7. The average Bonchev–Trinajstić information content (AvgIpc) is 2.65. The van der Waals surface area contributed by atoms with E-state index in [0.717, 1.165) is 44.1 Å². The van der Waals surface area contributed by atoms with E-state index >= 15 is 0 Å². The second-order valence-electron chi connectivity index (χ2n) is 7.16. The average molecular weight is 361 g/mol. The Kier molecular flexibility index (Phi) is 7.95. The Morgan fingerprint density at radius 1 is 1.15 bits per heavy atom. The van der Waals surface area contributed by atoms with E-state index in [1.807, 2.05) is 25.1 Å². The fraction of sp³-hybridized carbons (Fsp3) is 0.619. The first-order valence-corrected chi connectivity index (χ1v) is 9.70. The Balaban J connectivity index is 2.04. The van der Waals surface area contributed by atoms with E-state index in [1.165, 1.54) is 13.5 Å². The SMILES string of the molecule is CCCC[C@H](NC(=O)OC1(Cc2ccccc2)CCCCC1)C(=O)OC. The van der Waals surface area contributed by atoms with Crippen molar-refractivity contribution in [3.8, 4) is 0 Å². The maximum atomic E-state index is 12.6.